The first-order chi connectivity index (χ1) is 13.9. The fraction of sp³-hybridized carbons (Fsp3) is 0.550. The molecule has 2 unspecified atom stereocenters. The van der Waals surface area contributed by atoms with Gasteiger partial charge in [0.25, 0.3) is 0 Å². The van der Waals surface area contributed by atoms with E-state index in [9.17, 15) is 14.0 Å². The van der Waals surface area contributed by atoms with Gasteiger partial charge in [0, 0.05) is 31.8 Å². The number of carbonyl (C=O) groups is 2. The first kappa shape index (κ1) is 19.5. The monoisotopic (exact) mass is 404 g/mol. The van der Waals surface area contributed by atoms with Gasteiger partial charge in [0.05, 0.1) is 30.2 Å². The summed E-state index contributed by atoms with van der Waals surface area (Å²) in [6, 6.07) is 4.81. The Kier molecular flexibility index (Phi) is 5.06. The van der Waals surface area contributed by atoms with E-state index in [1.165, 1.54) is 17.9 Å². The number of hydrogen-bond donors (Lipinski definition) is 1. The third-order valence-corrected chi connectivity index (χ3v) is 6.10. The van der Waals surface area contributed by atoms with Crippen LogP contribution in [0.1, 0.15) is 13.8 Å². The Balaban J connectivity index is 1.45. The lowest BCUT2D eigenvalue weighted by Crippen LogP contribution is -2.61. The van der Waals surface area contributed by atoms with E-state index in [1.807, 2.05) is 4.90 Å². The summed E-state index contributed by atoms with van der Waals surface area (Å²) in [7, 11) is 1.55. The van der Waals surface area contributed by atoms with E-state index >= 15 is 0 Å². The van der Waals surface area contributed by atoms with Crippen LogP contribution in [-0.4, -0.2) is 57.1 Å². The highest BCUT2D eigenvalue weighted by atomic mass is 19.1. The third kappa shape index (κ3) is 3.49. The molecule has 3 saturated heterocycles. The van der Waals surface area contributed by atoms with E-state index in [0.717, 1.165) is 5.71 Å². The van der Waals surface area contributed by atoms with Gasteiger partial charge in [-0.2, -0.15) is 0 Å². The smallest absolute Gasteiger partial charge is 0.414 e. The highest BCUT2D eigenvalue weighted by Gasteiger charge is 2.51. The van der Waals surface area contributed by atoms with Crippen LogP contribution in [0, 0.1) is 23.6 Å². The lowest BCUT2D eigenvalue weighted by molar-refractivity contribution is -0.119. The maximum atomic E-state index is 14.9. The number of anilines is 2. The highest BCUT2D eigenvalue weighted by molar-refractivity contribution is 5.97. The molecule has 0 aromatic heterocycles. The molecule has 4 aliphatic rings. The van der Waals surface area contributed by atoms with E-state index in [0.29, 0.717) is 30.4 Å². The van der Waals surface area contributed by atoms with E-state index in [1.54, 1.807) is 19.2 Å². The van der Waals surface area contributed by atoms with Crippen LogP contribution < -0.4 is 15.1 Å². The molecule has 1 aromatic rings. The number of rotatable bonds is 5. The van der Waals surface area contributed by atoms with Crippen LogP contribution in [0.15, 0.2) is 23.4 Å². The fourth-order valence-corrected chi connectivity index (χ4v) is 4.50. The normalized spacial score (nSPS) is 28.0. The second-order valence-corrected chi connectivity index (χ2v) is 7.86. The Labute approximate surface area is 168 Å². The van der Waals surface area contributed by atoms with Gasteiger partial charge in [0.2, 0.25) is 5.91 Å². The van der Waals surface area contributed by atoms with Gasteiger partial charge in [-0.25, -0.2) is 9.18 Å². The minimum absolute atomic E-state index is 0.192. The first-order valence-corrected chi connectivity index (χ1v) is 9.77. The molecule has 3 atom stereocenters. The average Bonchev–Trinajstić information content (AvgIpc) is 3.07. The van der Waals surface area contributed by atoms with Crippen molar-refractivity contribution in [1.82, 2.24) is 5.32 Å². The largest absolute Gasteiger partial charge is 0.442 e. The molecule has 1 saturated carbocycles. The van der Waals surface area contributed by atoms with Crippen LogP contribution in [0.3, 0.4) is 0 Å². The summed E-state index contributed by atoms with van der Waals surface area (Å²) in [6.07, 6.45) is -0.996. The van der Waals surface area contributed by atoms with Crippen molar-refractivity contribution in [2.24, 2.45) is 22.9 Å². The third-order valence-electron chi connectivity index (χ3n) is 6.10. The number of amides is 2. The van der Waals surface area contributed by atoms with Crippen LogP contribution in [-0.2, 0) is 14.4 Å². The van der Waals surface area contributed by atoms with Gasteiger partial charge < -0.3 is 19.8 Å². The predicted octanol–water partition coefficient (Wildman–Crippen LogP) is 1.99. The summed E-state index contributed by atoms with van der Waals surface area (Å²) in [6.45, 7) is 5.48. The number of piperidine rings is 2. The Morgan fingerprint density at radius 2 is 2.07 bits per heavy atom. The number of hydrogen-bond acceptors (Lipinski definition) is 6. The molecule has 2 bridgehead atoms. The summed E-state index contributed by atoms with van der Waals surface area (Å²) in [4.78, 5) is 31.5. The molecule has 156 valence electrons. The highest BCUT2D eigenvalue weighted by Crippen LogP contribution is 2.45. The molecule has 0 radical (unpaired) electrons. The van der Waals surface area contributed by atoms with Crippen molar-refractivity contribution in [3.05, 3.63) is 24.0 Å². The standard InChI is InChI=1S/C20H25FN4O4/c1-11-15-9-24(10-16(11)19(15)23-28-3)18-5-4-13(6-17(18)21)25-8-14(29-20(25)27)7-22-12(2)26/h4-6,11,14-16H,7-10H2,1-3H3,(H,22,26)/t11?,14-,15?,16?/m0/s1. The van der Waals surface area contributed by atoms with Crippen molar-refractivity contribution >= 4 is 29.1 Å². The van der Waals surface area contributed by atoms with E-state index < -0.39 is 12.2 Å². The topological polar surface area (TPSA) is 83.5 Å². The Hall–Kier alpha value is -2.84. The molecule has 3 aliphatic heterocycles. The number of carbonyl (C=O) groups excluding carboxylic acids is 2. The minimum Gasteiger partial charge on any atom is -0.442 e. The van der Waals surface area contributed by atoms with Gasteiger partial charge in [-0.3, -0.25) is 9.69 Å². The van der Waals surface area contributed by atoms with Crippen LogP contribution in [0.5, 0.6) is 0 Å². The van der Waals surface area contributed by atoms with Crippen molar-refractivity contribution in [3.8, 4) is 0 Å². The maximum Gasteiger partial charge on any atom is 0.414 e. The predicted molar refractivity (Wildman–Crippen MR) is 105 cm³/mol. The zero-order valence-electron chi connectivity index (χ0n) is 16.7. The Morgan fingerprint density at radius 1 is 1.34 bits per heavy atom. The number of nitrogens with zero attached hydrogens (tertiary/aromatic N) is 3. The number of ether oxygens (including phenoxy) is 1. The molecule has 0 spiro atoms. The molecule has 5 rings (SSSR count). The summed E-state index contributed by atoms with van der Waals surface area (Å²) >= 11 is 0. The van der Waals surface area contributed by atoms with Crippen molar-refractivity contribution in [3.63, 3.8) is 0 Å². The molecular formula is C20H25FN4O4. The molecule has 1 aromatic carbocycles. The van der Waals surface area contributed by atoms with E-state index in [-0.39, 0.29) is 36.6 Å². The van der Waals surface area contributed by atoms with Crippen molar-refractivity contribution < 1.29 is 23.6 Å². The molecule has 1 aliphatic carbocycles. The summed E-state index contributed by atoms with van der Waals surface area (Å²) in [5.41, 5.74) is 2.03. The second kappa shape index (κ2) is 7.53. The van der Waals surface area contributed by atoms with Crippen LogP contribution in [0.2, 0.25) is 0 Å². The van der Waals surface area contributed by atoms with Crippen molar-refractivity contribution in [2.45, 2.75) is 20.0 Å². The first-order valence-electron chi connectivity index (χ1n) is 9.77. The number of fused-ring (bicyclic) bond motifs is 2. The van der Waals surface area contributed by atoms with Gasteiger partial charge in [0.1, 0.15) is 19.0 Å². The Bertz CT molecular complexity index is 845. The molecule has 9 heteroatoms. The van der Waals surface area contributed by atoms with Gasteiger partial charge in [-0.1, -0.05) is 12.1 Å². The zero-order chi connectivity index (χ0) is 20.7. The molecule has 3 heterocycles. The summed E-state index contributed by atoms with van der Waals surface area (Å²) in [5, 5.41) is 6.76. The molecule has 2 amide bonds. The SMILES string of the molecule is CON=C1C2CN(c3ccc(N4C[C@H](CNC(C)=O)OC4=O)cc3F)CC1C2C. The van der Waals surface area contributed by atoms with Crippen LogP contribution >= 0.6 is 0 Å². The number of benzene rings is 1. The van der Waals surface area contributed by atoms with Gasteiger partial charge in [0.15, 0.2) is 0 Å². The van der Waals surface area contributed by atoms with Crippen molar-refractivity contribution in [1.29, 1.82) is 0 Å². The van der Waals surface area contributed by atoms with Gasteiger partial charge >= 0.3 is 6.09 Å². The van der Waals surface area contributed by atoms with Gasteiger partial charge in [-0.05, 0) is 24.1 Å². The Morgan fingerprint density at radius 3 is 2.69 bits per heavy atom. The number of nitrogens with one attached hydrogen (secondary N) is 1. The average molecular weight is 404 g/mol. The quantitative estimate of drug-likeness (QED) is 0.759. The number of oxime groups is 1. The number of cyclic esters (lactones) is 1. The zero-order valence-corrected chi connectivity index (χ0v) is 16.7. The summed E-state index contributed by atoms with van der Waals surface area (Å²) < 4.78 is 20.2. The van der Waals surface area contributed by atoms with E-state index in [4.69, 9.17) is 9.57 Å². The molecule has 1 N–H and O–H groups in total. The maximum absolute atomic E-state index is 14.9. The molecular weight excluding hydrogens is 379 g/mol. The van der Waals surface area contributed by atoms with Gasteiger partial charge in [-0.15, -0.1) is 0 Å². The molecule has 29 heavy (non-hydrogen) atoms. The van der Waals surface area contributed by atoms with E-state index in [2.05, 4.69) is 17.4 Å². The van der Waals surface area contributed by atoms with Crippen LogP contribution in [0.4, 0.5) is 20.6 Å². The summed E-state index contributed by atoms with van der Waals surface area (Å²) in [5.74, 6) is 0.497. The minimum atomic E-state index is -0.541. The lowest BCUT2D eigenvalue weighted by Gasteiger charge is -2.53. The molecule has 8 nitrogen and oxygen atoms in total. The van der Waals surface area contributed by atoms with Crippen molar-refractivity contribution in [2.75, 3.05) is 43.1 Å². The fourth-order valence-electron chi connectivity index (χ4n) is 4.50. The van der Waals surface area contributed by atoms with Crippen LogP contribution in [0.25, 0.3) is 0 Å². The second-order valence-electron chi connectivity index (χ2n) is 7.86. The number of halogens is 1. The lowest BCUT2D eigenvalue weighted by atomic mass is 9.60. The molecule has 4 fully saturated rings.